The fourth-order valence-electron chi connectivity index (χ4n) is 1.94. The quantitative estimate of drug-likeness (QED) is 0.380. The van der Waals surface area contributed by atoms with Crippen molar-refractivity contribution >= 4 is 17.2 Å². The minimum absolute atomic E-state index is 0.00650. The van der Waals surface area contributed by atoms with Crippen molar-refractivity contribution in [2.24, 2.45) is 0 Å². The molecule has 6 heteroatoms. The number of allylic oxidation sites excluding steroid dienone is 1. The largest absolute Gasteiger partial charge is 0.497 e. The molecule has 6 nitrogen and oxygen atoms in total. The Morgan fingerprint density at radius 3 is 2.52 bits per heavy atom. The second kappa shape index (κ2) is 7.22. The molecular formula is C17H16N2O4. The molecule has 0 unspecified atom stereocenters. The predicted molar refractivity (Wildman–Crippen MR) is 87.9 cm³/mol. The number of nitro benzene ring substituents is 1. The number of nitrogens with one attached hydrogen (secondary N) is 1. The minimum atomic E-state index is -0.461. The van der Waals surface area contributed by atoms with Crippen LogP contribution < -0.4 is 10.1 Å². The molecule has 0 spiro atoms. The summed E-state index contributed by atoms with van der Waals surface area (Å²) in [6, 6.07) is 11.3. The van der Waals surface area contributed by atoms with Crippen LogP contribution in [0, 0.1) is 17.0 Å². The van der Waals surface area contributed by atoms with Crippen LogP contribution in [0.1, 0.15) is 15.9 Å². The number of nitro groups is 1. The lowest BCUT2D eigenvalue weighted by molar-refractivity contribution is -0.384. The van der Waals surface area contributed by atoms with E-state index in [1.807, 2.05) is 6.92 Å². The van der Waals surface area contributed by atoms with Gasteiger partial charge in [0.15, 0.2) is 5.78 Å². The molecule has 2 rings (SSSR count). The van der Waals surface area contributed by atoms with Gasteiger partial charge in [-0.2, -0.15) is 0 Å². The van der Waals surface area contributed by atoms with Crippen molar-refractivity contribution in [1.29, 1.82) is 0 Å². The summed E-state index contributed by atoms with van der Waals surface area (Å²) in [7, 11) is 1.56. The summed E-state index contributed by atoms with van der Waals surface area (Å²) in [6.45, 7) is 1.82. The highest BCUT2D eigenvalue weighted by atomic mass is 16.6. The van der Waals surface area contributed by atoms with E-state index in [0.717, 1.165) is 5.56 Å². The summed E-state index contributed by atoms with van der Waals surface area (Å²) >= 11 is 0. The lowest BCUT2D eigenvalue weighted by Gasteiger charge is -2.05. The predicted octanol–water partition coefficient (Wildman–Crippen LogP) is 3.72. The van der Waals surface area contributed by atoms with E-state index in [0.29, 0.717) is 17.0 Å². The van der Waals surface area contributed by atoms with E-state index in [1.165, 1.54) is 24.4 Å². The Bertz CT molecular complexity index is 752. The zero-order valence-electron chi connectivity index (χ0n) is 12.8. The number of carbonyl (C=O) groups is 1. The van der Waals surface area contributed by atoms with Crippen LogP contribution in [0.5, 0.6) is 5.75 Å². The standard InChI is InChI=1S/C17H16N2O4/c1-12-3-6-14(19(21)22)11-16(12)18-10-9-17(20)13-4-7-15(23-2)8-5-13/h3-11,18H,1-2H3/b10-9+. The van der Waals surface area contributed by atoms with Crippen LogP contribution in [0.2, 0.25) is 0 Å². The third-order valence-electron chi connectivity index (χ3n) is 3.28. The summed E-state index contributed by atoms with van der Waals surface area (Å²) in [4.78, 5) is 22.3. The number of benzene rings is 2. The van der Waals surface area contributed by atoms with Gasteiger partial charge >= 0.3 is 0 Å². The third kappa shape index (κ3) is 4.16. The first kappa shape index (κ1) is 16.2. The number of nitrogens with zero attached hydrogens (tertiary/aromatic N) is 1. The second-order valence-electron chi connectivity index (χ2n) is 4.83. The Morgan fingerprint density at radius 1 is 1.22 bits per heavy atom. The second-order valence-corrected chi connectivity index (χ2v) is 4.83. The van der Waals surface area contributed by atoms with E-state index in [4.69, 9.17) is 4.74 Å². The van der Waals surface area contributed by atoms with Gasteiger partial charge in [-0.25, -0.2) is 0 Å². The highest BCUT2D eigenvalue weighted by Crippen LogP contribution is 2.21. The van der Waals surface area contributed by atoms with Crippen molar-refractivity contribution in [2.75, 3.05) is 12.4 Å². The molecule has 0 fully saturated rings. The van der Waals surface area contributed by atoms with E-state index in [-0.39, 0.29) is 11.5 Å². The number of anilines is 1. The van der Waals surface area contributed by atoms with Gasteiger partial charge < -0.3 is 10.1 Å². The molecule has 0 heterocycles. The number of methoxy groups -OCH3 is 1. The monoisotopic (exact) mass is 312 g/mol. The summed E-state index contributed by atoms with van der Waals surface area (Å²) in [5, 5.41) is 13.7. The number of ketones is 1. The van der Waals surface area contributed by atoms with E-state index < -0.39 is 4.92 Å². The van der Waals surface area contributed by atoms with E-state index in [1.54, 1.807) is 37.4 Å². The van der Waals surface area contributed by atoms with Gasteiger partial charge in [0.05, 0.1) is 12.0 Å². The zero-order valence-corrected chi connectivity index (χ0v) is 12.8. The Morgan fingerprint density at radius 2 is 1.91 bits per heavy atom. The van der Waals surface area contributed by atoms with Gasteiger partial charge in [0, 0.05) is 35.7 Å². The molecule has 2 aromatic carbocycles. The molecule has 0 amide bonds. The molecular weight excluding hydrogens is 296 g/mol. The maximum atomic E-state index is 12.0. The number of hydrogen-bond donors (Lipinski definition) is 1. The Hall–Kier alpha value is -3.15. The highest BCUT2D eigenvalue weighted by molar-refractivity contribution is 6.04. The van der Waals surface area contributed by atoms with Crippen molar-refractivity contribution in [3.05, 3.63) is 76.0 Å². The Kier molecular flexibility index (Phi) is 5.09. The SMILES string of the molecule is COc1ccc(C(=O)/C=C/Nc2cc([N+](=O)[O-])ccc2C)cc1. The maximum absolute atomic E-state index is 12.0. The average molecular weight is 312 g/mol. The van der Waals surface area contributed by atoms with Crippen molar-refractivity contribution in [1.82, 2.24) is 0 Å². The minimum Gasteiger partial charge on any atom is -0.497 e. The molecule has 0 aliphatic carbocycles. The molecule has 0 aliphatic heterocycles. The van der Waals surface area contributed by atoms with Gasteiger partial charge in [-0.1, -0.05) is 6.07 Å². The zero-order chi connectivity index (χ0) is 16.8. The van der Waals surface area contributed by atoms with Crippen molar-refractivity contribution in [2.45, 2.75) is 6.92 Å². The number of hydrogen-bond acceptors (Lipinski definition) is 5. The fourth-order valence-corrected chi connectivity index (χ4v) is 1.94. The van der Waals surface area contributed by atoms with E-state index in [9.17, 15) is 14.9 Å². The normalized spacial score (nSPS) is 10.5. The summed E-state index contributed by atoms with van der Waals surface area (Å²) in [6.07, 6.45) is 2.85. The first-order chi connectivity index (χ1) is 11.0. The molecule has 0 saturated heterocycles. The number of rotatable bonds is 6. The Labute approximate surface area is 133 Å². The van der Waals surface area contributed by atoms with Gasteiger partial charge in [-0.15, -0.1) is 0 Å². The van der Waals surface area contributed by atoms with Crippen molar-refractivity contribution in [3.8, 4) is 5.75 Å². The van der Waals surface area contributed by atoms with Crippen molar-refractivity contribution in [3.63, 3.8) is 0 Å². The van der Waals surface area contributed by atoms with Crippen LogP contribution in [-0.2, 0) is 0 Å². The molecule has 0 aliphatic rings. The first-order valence-electron chi connectivity index (χ1n) is 6.88. The molecule has 2 aromatic rings. The molecule has 0 saturated carbocycles. The number of non-ortho nitro benzene ring substituents is 1. The van der Waals surface area contributed by atoms with Crippen molar-refractivity contribution < 1.29 is 14.5 Å². The van der Waals surface area contributed by atoms with Crippen LogP contribution in [0.4, 0.5) is 11.4 Å². The third-order valence-corrected chi connectivity index (χ3v) is 3.28. The fraction of sp³-hybridized carbons (Fsp3) is 0.118. The molecule has 1 N–H and O–H groups in total. The lowest BCUT2D eigenvalue weighted by Crippen LogP contribution is -1.98. The summed E-state index contributed by atoms with van der Waals surface area (Å²) in [5.74, 6) is 0.499. The molecule has 0 radical (unpaired) electrons. The molecule has 0 bridgehead atoms. The van der Waals surface area contributed by atoms with E-state index in [2.05, 4.69) is 5.32 Å². The van der Waals surface area contributed by atoms with Gasteiger partial charge in [-0.05, 0) is 36.8 Å². The topological polar surface area (TPSA) is 81.5 Å². The molecule has 0 atom stereocenters. The number of ether oxygens (including phenoxy) is 1. The van der Waals surface area contributed by atoms with Gasteiger partial charge in [0.25, 0.3) is 5.69 Å². The van der Waals surface area contributed by atoms with Crippen LogP contribution in [0.3, 0.4) is 0 Å². The highest BCUT2D eigenvalue weighted by Gasteiger charge is 2.07. The number of carbonyl (C=O) groups excluding carboxylic acids is 1. The number of aryl methyl sites for hydroxylation is 1. The van der Waals surface area contributed by atoms with Gasteiger partial charge in [-0.3, -0.25) is 14.9 Å². The molecule has 118 valence electrons. The van der Waals surface area contributed by atoms with Gasteiger partial charge in [0.2, 0.25) is 0 Å². The Balaban J connectivity index is 2.07. The smallest absolute Gasteiger partial charge is 0.271 e. The van der Waals surface area contributed by atoms with Crippen LogP contribution >= 0.6 is 0 Å². The van der Waals surface area contributed by atoms with E-state index >= 15 is 0 Å². The first-order valence-corrected chi connectivity index (χ1v) is 6.88. The van der Waals surface area contributed by atoms with Gasteiger partial charge in [0.1, 0.15) is 5.75 Å². The lowest BCUT2D eigenvalue weighted by atomic mass is 10.1. The maximum Gasteiger partial charge on any atom is 0.271 e. The average Bonchev–Trinajstić information content (AvgIpc) is 2.56. The van der Waals surface area contributed by atoms with Crippen LogP contribution in [0.25, 0.3) is 0 Å². The molecule has 0 aromatic heterocycles. The summed E-state index contributed by atoms with van der Waals surface area (Å²) in [5.41, 5.74) is 1.95. The molecule has 23 heavy (non-hydrogen) atoms. The van der Waals surface area contributed by atoms with Crippen LogP contribution in [0.15, 0.2) is 54.7 Å². The van der Waals surface area contributed by atoms with Crippen LogP contribution in [-0.4, -0.2) is 17.8 Å². The summed E-state index contributed by atoms with van der Waals surface area (Å²) < 4.78 is 5.03.